The molecule has 0 aliphatic rings. The normalized spacial score (nSPS) is 11.1. The molecule has 27 heavy (non-hydrogen) atoms. The van der Waals surface area contributed by atoms with Crippen LogP contribution >= 0.6 is 0 Å². The Morgan fingerprint density at radius 2 is 1.19 bits per heavy atom. The summed E-state index contributed by atoms with van der Waals surface area (Å²) in [5, 5.41) is 15.0. The zero-order chi connectivity index (χ0) is 19.7. The average Bonchev–Trinajstić information content (AvgIpc) is 3.17. The van der Waals surface area contributed by atoms with Gasteiger partial charge in [-0.25, -0.2) is 0 Å². The minimum absolute atomic E-state index is 0.0730. The summed E-state index contributed by atoms with van der Waals surface area (Å²) in [5.41, 5.74) is 7.20. The van der Waals surface area contributed by atoms with Crippen LogP contribution < -0.4 is 14.2 Å². The molecule has 0 aliphatic carbocycles. The molecule has 0 fully saturated rings. The molecule has 0 spiro atoms. The van der Waals surface area contributed by atoms with Gasteiger partial charge in [-0.1, -0.05) is 0 Å². The lowest BCUT2D eigenvalue weighted by molar-refractivity contribution is 0.323. The molecule has 0 atom stereocenters. The van der Waals surface area contributed by atoms with Crippen molar-refractivity contribution in [2.45, 2.75) is 33.6 Å². The van der Waals surface area contributed by atoms with Gasteiger partial charge >= 0.3 is 0 Å². The fraction of sp³-hybridized carbons (Fsp3) is 0.400. The molecule has 0 unspecified atom stereocenters. The summed E-state index contributed by atoms with van der Waals surface area (Å²) in [6.07, 6.45) is 0. The SMILES string of the molecule is COc1cc(C(c2c(C)n[nH]c2C)c2c(C)n[nH]c2C)cc(OC)c1OC. The van der Waals surface area contributed by atoms with Crippen molar-refractivity contribution in [3.8, 4) is 17.2 Å². The number of methoxy groups -OCH3 is 3. The van der Waals surface area contributed by atoms with E-state index in [1.165, 1.54) is 0 Å². The maximum absolute atomic E-state index is 5.57. The molecular weight excluding hydrogens is 344 g/mol. The van der Waals surface area contributed by atoms with E-state index >= 15 is 0 Å². The van der Waals surface area contributed by atoms with E-state index < -0.39 is 0 Å². The number of ether oxygens (including phenoxy) is 3. The Labute approximate surface area is 159 Å². The molecule has 2 heterocycles. The third-order valence-corrected chi connectivity index (χ3v) is 4.97. The number of benzene rings is 1. The topological polar surface area (TPSA) is 85.1 Å². The highest BCUT2D eigenvalue weighted by atomic mass is 16.5. The number of hydrogen-bond acceptors (Lipinski definition) is 5. The molecule has 0 saturated heterocycles. The summed E-state index contributed by atoms with van der Waals surface area (Å²) in [6.45, 7) is 8.08. The molecule has 0 radical (unpaired) electrons. The summed E-state index contributed by atoms with van der Waals surface area (Å²) < 4.78 is 16.6. The minimum Gasteiger partial charge on any atom is -0.493 e. The van der Waals surface area contributed by atoms with Crippen LogP contribution in [0.1, 0.15) is 45.4 Å². The third kappa shape index (κ3) is 3.13. The second-order valence-electron chi connectivity index (χ2n) is 6.59. The Balaban J connectivity index is 2.33. The van der Waals surface area contributed by atoms with Gasteiger partial charge in [0.1, 0.15) is 0 Å². The molecule has 7 nitrogen and oxygen atoms in total. The van der Waals surface area contributed by atoms with Gasteiger partial charge < -0.3 is 14.2 Å². The standard InChI is InChI=1S/C20H26N4O3/c1-10-17(11(2)22-21-10)19(18-12(3)23-24-13(18)4)14-8-15(25-5)20(27-7)16(9-14)26-6/h8-9,19H,1-7H3,(H,21,22)(H,23,24). The van der Waals surface area contributed by atoms with Crippen molar-refractivity contribution in [1.29, 1.82) is 0 Å². The smallest absolute Gasteiger partial charge is 0.203 e. The number of aromatic nitrogens is 4. The Hall–Kier alpha value is -2.96. The van der Waals surface area contributed by atoms with Crippen molar-refractivity contribution in [1.82, 2.24) is 20.4 Å². The highest BCUT2D eigenvalue weighted by molar-refractivity contribution is 5.59. The van der Waals surface area contributed by atoms with Crippen LogP contribution in [0, 0.1) is 27.7 Å². The predicted octanol–water partition coefficient (Wildman–Crippen LogP) is 3.57. The van der Waals surface area contributed by atoms with Crippen molar-refractivity contribution < 1.29 is 14.2 Å². The first-order chi connectivity index (χ1) is 12.9. The lowest BCUT2D eigenvalue weighted by atomic mass is 9.82. The van der Waals surface area contributed by atoms with Crippen LogP contribution in [-0.2, 0) is 0 Å². The highest BCUT2D eigenvalue weighted by Crippen LogP contribution is 2.45. The fourth-order valence-electron chi connectivity index (χ4n) is 3.72. The van der Waals surface area contributed by atoms with Crippen molar-refractivity contribution >= 4 is 0 Å². The van der Waals surface area contributed by atoms with Gasteiger partial charge in [-0.3, -0.25) is 10.2 Å². The molecule has 3 aromatic rings. The van der Waals surface area contributed by atoms with E-state index in [4.69, 9.17) is 14.2 Å². The van der Waals surface area contributed by atoms with Crippen LogP contribution in [0.5, 0.6) is 17.2 Å². The van der Waals surface area contributed by atoms with Crippen molar-refractivity contribution in [3.63, 3.8) is 0 Å². The quantitative estimate of drug-likeness (QED) is 0.693. The molecule has 3 rings (SSSR count). The number of hydrogen-bond donors (Lipinski definition) is 2. The average molecular weight is 370 g/mol. The minimum atomic E-state index is -0.0730. The van der Waals surface area contributed by atoms with Crippen LogP contribution in [0.15, 0.2) is 12.1 Å². The van der Waals surface area contributed by atoms with Crippen LogP contribution in [0.25, 0.3) is 0 Å². The van der Waals surface area contributed by atoms with E-state index in [9.17, 15) is 0 Å². The first-order valence-corrected chi connectivity index (χ1v) is 8.75. The number of nitrogens with one attached hydrogen (secondary N) is 2. The largest absolute Gasteiger partial charge is 0.493 e. The van der Waals surface area contributed by atoms with E-state index in [0.29, 0.717) is 17.2 Å². The molecule has 0 amide bonds. The Kier molecular flexibility index (Phi) is 5.12. The van der Waals surface area contributed by atoms with E-state index in [0.717, 1.165) is 39.5 Å². The van der Waals surface area contributed by atoms with Crippen LogP contribution in [0.2, 0.25) is 0 Å². The molecule has 0 aliphatic heterocycles. The Bertz CT molecular complexity index is 848. The van der Waals surface area contributed by atoms with Gasteiger partial charge in [0.25, 0.3) is 0 Å². The summed E-state index contributed by atoms with van der Waals surface area (Å²) in [7, 11) is 4.85. The molecule has 1 aromatic carbocycles. The number of H-pyrrole nitrogens is 2. The fourth-order valence-corrected chi connectivity index (χ4v) is 3.72. The van der Waals surface area contributed by atoms with Gasteiger partial charge in [0, 0.05) is 28.4 Å². The monoisotopic (exact) mass is 370 g/mol. The Morgan fingerprint density at radius 3 is 1.48 bits per heavy atom. The highest BCUT2D eigenvalue weighted by Gasteiger charge is 2.29. The lowest BCUT2D eigenvalue weighted by Gasteiger charge is -2.22. The number of rotatable bonds is 6. The maximum Gasteiger partial charge on any atom is 0.203 e. The number of nitrogens with zero attached hydrogens (tertiary/aromatic N) is 2. The van der Waals surface area contributed by atoms with Crippen molar-refractivity contribution in [2.24, 2.45) is 0 Å². The van der Waals surface area contributed by atoms with Crippen LogP contribution in [0.4, 0.5) is 0 Å². The molecule has 0 saturated carbocycles. The summed E-state index contributed by atoms with van der Waals surface area (Å²) in [4.78, 5) is 0. The molecule has 0 bridgehead atoms. The molecule has 144 valence electrons. The van der Waals surface area contributed by atoms with Gasteiger partial charge in [-0.2, -0.15) is 10.2 Å². The second-order valence-corrected chi connectivity index (χ2v) is 6.59. The first-order valence-electron chi connectivity index (χ1n) is 8.75. The zero-order valence-electron chi connectivity index (χ0n) is 16.9. The van der Waals surface area contributed by atoms with Gasteiger partial charge in [-0.15, -0.1) is 0 Å². The Morgan fingerprint density at radius 1 is 0.741 bits per heavy atom. The summed E-state index contributed by atoms with van der Waals surface area (Å²) in [5.74, 6) is 1.74. The number of aryl methyl sites for hydroxylation is 4. The second kappa shape index (κ2) is 7.34. The molecule has 2 aromatic heterocycles. The third-order valence-electron chi connectivity index (χ3n) is 4.97. The van der Waals surface area contributed by atoms with Gasteiger partial charge in [0.05, 0.1) is 32.7 Å². The van der Waals surface area contributed by atoms with Crippen molar-refractivity contribution in [3.05, 3.63) is 51.6 Å². The van der Waals surface area contributed by atoms with E-state index in [2.05, 4.69) is 20.4 Å². The molecule has 2 N–H and O–H groups in total. The van der Waals surface area contributed by atoms with Crippen LogP contribution in [0.3, 0.4) is 0 Å². The van der Waals surface area contributed by atoms with Crippen molar-refractivity contribution in [2.75, 3.05) is 21.3 Å². The maximum atomic E-state index is 5.57. The van der Waals surface area contributed by atoms with Gasteiger partial charge in [0.15, 0.2) is 11.5 Å². The first kappa shape index (κ1) is 18.8. The summed E-state index contributed by atoms with van der Waals surface area (Å²) >= 11 is 0. The number of aromatic amines is 2. The van der Waals surface area contributed by atoms with E-state index in [1.54, 1.807) is 21.3 Å². The van der Waals surface area contributed by atoms with Gasteiger partial charge in [-0.05, 0) is 45.4 Å². The van der Waals surface area contributed by atoms with E-state index in [1.807, 2.05) is 39.8 Å². The molecule has 7 heteroatoms. The lowest BCUT2D eigenvalue weighted by Crippen LogP contribution is -2.09. The predicted molar refractivity (Wildman–Crippen MR) is 103 cm³/mol. The zero-order valence-corrected chi connectivity index (χ0v) is 16.9. The van der Waals surface area contributed by atoms with E-state index in [-0.39, 0.29) is 5.92 Å². The van der Waals surface area contributed by atoms with Crippen LogP contribution in [-0.4, -0.2) is 41.7 Å². The summed E-state index contributed by atoms with van der Waals surface area (Å²) in [6, 6.07) is 3.98. The molecular formula is C20H26N4O3. The van der Waals surface area contributed by atoms with Gasteiger partial charge in [0.2, 0.25) is 5.75 Å².